The van der Waals surface area contributed by atoms with Gasteiger partial charge in [0.05, 0.1) is 17.1 Å². The highest BCUT2D eigenvalue weighted by molar-refractivity contribution is 5.87. The number of esters is 2. The molecule has 4 aliphatic carbocycles. The lowest BCUT2D eigenvalue weighted by Gasteiger charge is -2.68. The maximum atomic E-state index is 13.3. The van der Waals surface area contributed by atoms with E-state index in [9.17, 15) is 35.1 Å². The van der Waals surface area contributed by atoms with E-state index in [1.807, 2.05) is 37.3 Å². The number of hydrogen-bond donors (Lipinski definition) is 5. The lowest BCUT2D eigenvalue weighted by molar-refractivity contribution is -0.327. The average Bonchev–Trinajstić information content (AvgIpc) is 3.14. The van der Waals surface area contributed by atoms with Gasteiger partial charge >= 0.3 is 11.9 Å². The molecule has 4 aliphatic rings. The van der Waals surface area contributed by atoms with Gasteiger partial charge in [-0.05, 0) is 50.7 Å². The number of benzene rings is 1. The van der Waals surface area contributed by atoms with Crippen molar-refractivity contribution < 1.29 is 44.6 Å². The molecule has 0 unspecified atom stereocenters. The number of carbonyl (C=O) groups is 2. The van der Waals surface area contributed by atoms with Gasteiger partial charge in [0.2, 0.25) is 0 Å². The van der Waals surface area contributed by atoms with Gasteiger partial charge in [0.15, 0.2) is 0 Å². The topological polar surface area (TPSA) is 154 Å². The Bertz CT molecular complexity index is 1260. The number of rotatable bonds is 5. The zero-order chi connectivity index (χ0) is 30.1. The first-order chi connectivity index (χ1) is 19.1. The van der Waals surface area contributed by atoms with Crippen molar-refractivity contribution in [3.8, 4) is 0 Å². The summed E-state index contributed by atoms with van der Waals surface area (Å²) in [5, 5.41) is 59.5. The summed E-state index contributed by atoms with van der Waals surface area (Å²) in [5.41, 5.74) is -9.17. The second-order valence-electron chi connectivity index (χ2n) is 13.1. The third-order valence-electron chi connectivity index (χ3n) is 11.3. The normalized spacial score (nSPS) is 45.8. The number of aliphatic hydroxyl groups is 5. The van der Waals surface area contributed by atoms with Gasteiger partial charge in [0.25, 0.3) is 0 Å². The Morgan fingerprint density at radius 1 is 1.02 bits per heavy atom. The molecular formula is C32H42O9. The summed E-state index contributed by atoms with van der Waals surface area (Å²) in [5.74, 6) is -2.11. The SMILES string of the molecule is CC(=O)O[C@@H](C)[C@]1(O)CC[C@@]2(O)[C@]1(C)[C@H](OC(=O)C=Cc1ccccc1)C[C@H]1[C@@]2(O)C=C[C@@]2(O)C[C@@H](O)CC[C@]12C. The van der Waals surface area contributed by atoms with Crippen LogP contribution in [0.15, 0.2) is 48.6 Å². The molecule has 0 spiro atoms. The van der Waals surface area contributed by atoms with E-state index in [1.54, 1.807) is 13.0 Å². The van der Waals surface area contributed by atoms with Crippen molar-refractivity contribution in [2.75, 3.05) is 0 Å². The molecule has 0 radical (unpaired) electrons. The number of aliphatic hydroxyl groups excluding tert-OH is 1. The molecule has 9 heteroatoms. The van der Waals surface area contributed by atoms with E-state index in [1.165, 1.54) is 32.1 Å². The average molecular weight is 571 g/mol. The Kier molecular flexibility index (Phi) is 7.11. The van der Waals surface area contributed by atoms with Crippen LogP contribution in [0.1, 0.15) is 71.8 Å². The maximum absolute atomic E-state index is 13.3. The molecule has 41 heavy (non-hydrogen) atoms. The van der Waals surface area contributed by atoms with Gasteiger partial charge in [-0.25, -0.2) is 4.79 Å². The molecule has 10 atom stereocenters. The van der Waals surface area contributed by atoms with Crippen LogP contribution in [0.4, 0.5) is 0 Å². The monoisotopic (exact) mass is 570 g/mol. The summed E-state index contributed by atoms with van der Waals surface area (Å²) in [7, 11) is 0. The van der Waals surface area contributed by atoms with Crippen LogP contribution in [0.25, 0.3) is 6.08 Å². The van der Waals surface area contributed by atoms with E-state index in [2.05, 4.69) is 0 Å². The Morgan fingerprint density at radius 3 is 2.37 bits per heavy atom. The Balaban J connectivity index is 1.62. The molecule has 0 heterocycles. The van der Waals surface area contributed by atoms with Crippen molar-refractivity contribution in [3.63, 3.8) is 0 Å². The first-order valence-corrected chi connectivity index (χ1v) is 14.5. The van der Waals surface area contributed by atoms with Crippen molar-refractivity contribution in [3.05, 3.63) is 54.1 Å². The third kappa shape index (κ3) is 4.07. The molecule has 1 aromatic carbocycles. The molecule has 0 amide bonds. The molecule has 3 saturated carbocycles. The fourth-order valence-corrected chi connectivity index (χ4v) is 8.75. The quantitative estimate of drug-likeness (QED) is 0.204. The smallest absolute Gasteiger partial charge is 0.331 e. The fraction of sp³-hybridized carbons (Fsp3) is 0.625. The molecule has 9 nitrogen and oxygen atoms in total. The van der Waals surface area contributed by atoms with Crippen molar-refractivity contribution in [2.45, 2.75) is 107 Å². The van der Waals surface area contributed by atoms with Gasteiger partial charge in [0, 0.05) is 30.8 Å². The van der Waals surface area contributed by atoms with Gasteiger partial charge in [-0.3, -0.25) is 4.79 Å². The van der Waals surface area contributed by atoms with E-state index in [4.69, 9.17) is 9.47 Å². The first-order valence-electron chi connectivity index (χ1n) is 14.5. The van der Waals surface area contributed by atoms with Crippen molar-refractivity contribution in [2.24, 2.45) is 16.7 Å². The highest BCUT2D eigenvalue weighted by Gasteiger charge is 2.82. The molecule has 0 bridgehead atoms. The van der Waals surface area contributed by atoms with Crippen LogP contribution in [0.2, 0.25) is 0 Å². The predicted octanol–water partition coefficient (Wildman–Crippen LogP) is 2.43. The van der Waals surface area contributed by atoms with Gasteiger partial charge in [0.1, 0.15) is 29.0 Å². The summed E-state index contributed by atoms with van der Waals surface area (Å²) in [6.07, 6.45) is 3.54. The Morgan fingerprint density at radius 2 is 1.71 bits per heavy atom. The third-order valence-corrected chi connectivity index (χ3v) is 11.3. The largest absolute Gasteiger partial charge is 0.460 e. The van der Waals surface area contributed by atoms with Crippen LogP contribution in [-0.2, 0) is 19.1 Å². The van der Waals surface area contributed by atoms with Crippen molar-refractivity contribution in [1.82, 2.24) is 0 Å². The summed E-state index contributed by atoms with van der Waals surface area (Å²) >= 11 is 0. The van der Waals surface area contributed by atoms with E-state index >= 15 is 0 Å². The van der Waals surface area contributed by atoms with Gasteiger partial charge in [-0.15, -0.1) is 0 Å². The van der Waals surface area contributed by atoms with E-state index in [0.29, 0.717) is 12.8 Å². The summed E-state index contributed by atoms with van der Waals surface area (Å²) < 4.78 is 11.5. The van der Waals surface area contributed by atoms with E-state index in [-0.39, 0.29) is 25.7 Å². The number of ether oxygens (including phenoxy) is 2. The van der Waals surface area contributed by atoms with Crippen LogP contribution in [0, 0.1) is 16.7 Å². The van der Waals surface area contributed by atoms with Crippen LogP contribution >= 0.6 is 0 Å². The highest BCUT2D eigenvalue weighted by atomic mass is 16.6. The Labute approximate surface area is 240 Å². The molecule has 5 N–H and O–H groups in total. The Hall–Kier alpha value is -2.56. The second kappa shape index (κ2) is 9.74. The molecule has 3 fully saturated rings. The van der Waals surface area contributed by atoms with Crippen LogP contribution in [0.5, 0.6) is 0 Å². The van der Waals surface area contributed by atoms with E-state index in [0.717, 1.165) is 5.56 Å². The number of carbonyl (C=O) groups excluding carboxylic acids is 2. The minimum atomic E-state index is -2.03. The molecule has 1 aromatic rings. The standard InChI is InChI=1S/C32H42O9/c1-20(40-21(2)33)30(37)16-17-32(39)28(30,4)25(41-26(35)11-10-22-8-6-5-7-9-22)18-24-27(3)13-12-23(34)19-29(27,36)14-15-31(24,32)38/h5-11,14-15,20,23-25,34,36-39H,12-13,16-19H2,1-4H3/t20-,23-,24+,25+,27+,28+,29+,30+,31-,32+/m0/s1. The predicted molar refractivity (Wildman–Crippen MR) is 149 cm³/mol. The van der Waals surface area contributed by atoms with Crippen LogP contribution in [0.3, 0.4) is 0 Å². The van der Waals surface area contributed by atoms with Gasteiger partial charge in [-0.2, -0.15) is 0 Å². The minimum absolute atomic E-state index is 0.00851. The fourth-order valence-electron chi connectivity index (χ4n) is 8.75. The van der Waals surface area contributed by atoms with Crippen molar-refractivity contribution >= 4 is 18.0 Å². The lowest BCUT2D eigenvalue weighted by atomic mass is 9.41. The zero-order valence-electron chi connectivity index (χ0n) is 24.1. The highest BCUT2D eigenvalue weighted by Crippen LogP contribution is 2.71. The van der Waals surface area contributed by atoms with Crippen molar-refractivity contribution in [1.29, 1.82) is 0 Å². The molecule has 0 saturated heterocycles. The number of hydrogen-bond acceptors (Lipinski definition) is 9. The van der Waals surface area contributed by atoms with Gasteiger partial charge < -0.3 is 35.0 Å². The molecule has 0 aliphatic heterocycles. The molecule has 0 aromatic heterocycles. The lowest BCUT2D eigenvalue weighted by Crippen LogP contribution is -2.80. The van der Waals surface area contributed by atoms with Crippen LogP contribution in [-0.4, -0.2) is 78.2 Å². The maximum Gasteiger partial charge on any atom is 0.331 e. The molecular weight excluding hydrogens is 528 g/mol. The summed E-state index contributed by atoms with van der Waals surface area (Å²) in [6.45, 7) is 6.17. The summed E-state index contributed by atoms with van der Waals surface area (Å²) in [6, 6.07) is 9.19. The molecule has 224 valence electrons. The summed E-state index contributed by atoms with van der Waals surface area (Å²) in [4.78, 5) is 25.2. The molecule has 5 rings (SSSR count). The minimum Gasteiger partial charge on any atom is -0.460 e. The zero-order valence-corrected chi connectivity index (χ0v) is 24.1. The van der Waals surface area contributed by atoms with Gasteiger partial charge in [-0.1, -0.05) is 56.3 Å². The first kappa shape index (κ1) is 29.9. The van der Waals surface area contributed by atoms with Crippen LogP contribution < -0.4 is 0 Å². The number of fused-ring (bicyclic) bond motifs is 5. The second-order valence-corrected chi connectivity index (χ2v) is 13.1. The van der Waals surface area contributed by atoms with E-state index < -0.39 is 69.4 Å².